The summed E-state index contributed by atoms with van der Waals surface area (Å²) in [4.78, 5) is 28.8. The number of esters is 1. The second kappa shape index (κ2) is 5.58. The number of para-hydroxylation sites is 2. The van der Waals surface area contributed by atoms with Gasteiger partial charge < -0.3 is 4.74 Å². The number of carbonyl (C=O) groups is 1. The van der Waals surface area contributed by atoms with Gasteiger partial charge in [-0.1, -0.05) is 35.6 Å². The number of thiazole rings is 1. The highest BCUT2D eigenvalue weighted by molar-refractivity contribution is 7.15. The highest BCUT2D eigenvalue weighted by Gasteiger charge is 2.10. The van der Waals surface area contributed by atoms with E-state index in [0.29, 0.717) is 15.2 Å². The Morgan fingerprint density at radius 1 is 1.17 bits per heavy atom. The minimum absolute atomic E-state index is 0.0761. The number of rotatable bonds is 2. The van der Waals surface area contributed by atoms with Gasteiger partial charge in [-0.15, -0.1) is 0 Å². The number of hydrogen-bond acceptors (Lipinski definition) is 5. The molecule has 0 aliphatic heterocycles. The Balaban J connectivity index is 1.81. The summed E-state index contributed by atoms with van der Waals surface area (Å²) in [6.45, 7) is 1.36. The van der Waals surface area contributed by atoms with E-state index < -0.39 is 0 Å². The summed E-state index contributed by atoms with van der Waals surface area (Å²) in [5, 5.41) is 0. The number of hydrogen-bond donors (Lipinski definition) is 0. The van der Waals surface area contributed by atoms with Crippen molar-refractivity contribution in [1.29, 1.82) is 0 Å². The smallest absolute Gasteiger partial charge is 0.308 e. The van der Waals surface area contributed by atoms with Gasteiger partial charge in [0.1, 0.15) is 5.75 Å². The molecule has 0 atom stereocenters. The van der Waals surface area contributed by atoms with Gasteiger partial charge in [0, 0.05) is 6.92 Å². The first-order valence-corrected chi connectivity index (χ1v) is 8.14. The second-order valence-corrected chi connectivity index (χ2v) is 6.31. The van der Waals surface area contributed by atoms with Crippen LogP contribution in [-0.4, -0.2) is 15.4 Å². The fourth-order valence-corrected chi connectivity index (χ4v) is 3.55. The summed E-state index contributed by atoms with van der Waals surface area (Å²) in [6.07, 6.45) is 1.81. The van der Waals surface area contributed by atoms with Crippen LogP contribution in [0.5, 0.6) is 5.75 Å². The van der Waals surface area contributed by atoms with E-state index in [9.17, 15) is 9.59 Å². The number of aromatic nitrogens is 2. The van der Waals surface area contributed by atoms with Crippen molar-refractivity contribution in [2.24, 2.45) is 0 Å². The zero-order valence-corrected chi connectivity index (χ0v) is 13.5. The zero-order chi connectivity index (χ0) is 16.7. The van der Waals surface area contributed by atoms with Gasteiger partial charge in [0.05, 0.1) is 15.6 Å². The van der Waals surface area contributed by atoms with Crippen molar-refractivity contribution in [2.75, 3.05) is 0 Å². The van der Waals surface area contributed by atoms with E-state index >= 15 is 0 Å². The lowest BCUT2D eigenvalue weighted by molar-refractivity contribution is -0.131. The number of fused-ring (bicyclic) bond motifs is 3. The first-order valence-electron chi connectivity index (χ1n) is 7.32. The maximum absolute atomic E-state index is 12.7. The predicted molar refractivity (Wildman–Crippen MR) is 93.4 cm³/mol. The normalized spacial score (nSPS) is 12.1. The van der Waals surface area contributed by atoms with Crippen LogP contribution >= 0.6 is 11.3 Å². The van der Waals surface area contributed by atoms with E-state index in [1.807, 2.05) is 30.3 Å². The van der Waals surface area contributed by atoms with Crippen molar-refractivity contribution in [2.45, 2.75) is 6.92 Å². The molecule has 2 heterocycles. The molecule has 118 valence electrons. The van der Waals surface area contributed by atoms with Crippen LogP contribution in [0.3, 0.4) is 0 Å². The van der Waals surface area contributed by atoms with Gasteiger partial charge in [-0.3, -0.25) is 9.59 Å². The fourth-order valence-electron chi connectivity index (χ4n) is 2.56. The van der Waals surface area contributed by atoms with Gasteiger partial charge in [-0.25, -0.2) is 9.38 Å². The van der Waals surface area contributed by atoms with E-state index in [-0.39, 0.29) is 11.5 Å². The molecular formula is C18H12N2O3S. The van der Waals surface area contributed by atoms with E-state index in [4.69, 9.17) is 4.74 Å². The van der Waals surface area contributed by atoms with E-state index in [2.05, 4.69) is 4.98 Å². The third-order valence-electron chi connectivity index (χ3n) is 3.58. The molecule has 0 aliphatic carbocycles. The van der Waals surface area contributed by atoms with E-state index in [0.717, 1.165) is 16.6 Å². The van der Waals surface area contributed by atoms with Gasteiger partial charge in [0.2, 0.25) is 0 Å². The molecule has 0 spiro atoms. The molecule has 4 rings (SSSR count). The summed E-state index contributed by atoms with van der Waals surface area (Å²) in [5.41, 5.74) is 2.42. The molecular weight excluding hydrogens is 324 g/mol. The molecule has 24 heavy (non-hydrogen) atoms. The summed E-state index contributed by atoms with van der Waals surface area (Å²) in [6, 6.07) is 14.6. The predicted octanol–water partition coefficient (Wildman–Crippen LogP) is 2.38. The van der Waals surface area contributed by atoms with Gasteiger partial charge in [-0.05, 0) is 35.9 Å². The van der Waals surface area contributed by atoms with Crippen LogP contribution in [-0.2, 0) is 4.79 Å². The van der Waals surface area contributed by atoms with Crippen LogP contribution in [0.4, 0.5) is 0 Å². The molecule has 6 heteroatoms. The first kappa shape index (κ1) is 14.6. The molecule has 4 aromatic rings. The van der Waals surface area contributed by atoms with Crippen molar-refractivity contribution in [3.8, 4) is 5.75 Å². The third-order valence-corrected chi connectivity index (χ3v) is 4.55. The van der Waals surface area contributed by atoms with E-state index in [1.54, 1.807) is 28.7 Å². The van der Waals surface area contributed by atoms with Gasteiger partial charge >= 0.3 is 5.97 Å². The number of nitrogens with zero attached hydrogens (tertiary/aromatic N) is 2. The van der Waals surface area contributed by atoms with Crippen LogP contribution in [0.1, 0.15) is 12.5 Å². The summed E-state index contributed by atoms with van der Waals surface area (Å²) in [7, 11) is 0. The highest BCUT2D eigenvalue weighted by atomic mass is 32.1. The molecule has 0 fully saturated rings. The molecule has 2 aromatic carbocycles. The highest BCUT2D eigenvalue weighted by Crippen LogP contribution is 2.16. The zero-order valence-electron chi connectivity index (χ0n) is 12.7. The van der Waals surface area contributed by atoms with Crippen molar-refractivity contribution < 1.29 is 9.53 Å². The Morgan fingerprint density at radius 3 is 2.67 bits per heavy atom. The summed E-state index contributed by atoms with van der Waals surface area (Å²) >= 11 is 1.36. The maximum atomic E-state index is 12.7. The number of benzene rings is 2. The minimum atomic E-state index is -0.361. The van der Waals surface area contributed by atoms with Crippen molar-refractivity contribution >= 4 is 39.4 Å². The van der Waals surface area contributed by atoms with Crippen molar-refractivity contribution in [3.05, 3.63) is 69.0 Å². The average molecular weight is 336 g/mol. The molecule has 0 radical (unpaired) electrons. The Labute approximate surface area is 140 Å². The molecule has 5 nitrogen and oxygen atoms in total. The van der Waals surface area contributed by atoms with Crippen molar-refractivity contribution in [3.63, 3.8) is 0 Å². The molecule has 0 N–H and O–H groups in total. The minimum Gasteiger partial charge on any atom is -0.427 e. The largest absolute Gasteiger partial charge is 0.427 e. The number of imidazole rings is 1. The Hall–Kier alpha value is -2.99. The molecule has 0 saturated heterocycles. The van der Waals surface area contributed by atoms with Gasteiger partial charge in [-0.2, -0.15) is 0 Å². The number of ether oxygens (including phenoxy) is 1. The first-order chi connectivity index (χ1) is 11.6. The lowest BCUT2D eigenvalue weighted by atomic mass is 10.2. The van der Waals surface area contributed by atoms with Crippen LogP contribution in [0, 0.1) is 0 Å². The maximum Gasteiger partial charge on any atom is 0.308 e. The van der Waals surface area contributed by atoms with Crippen LogP contribution in [0.2, 0.25) is 0 Å². The summed E-state index contributed by atoms with van der Waals surface area (Å²) < 4.78 is 7.25. The molecule has 2 aromatic heterocycles. The van der Waals surface area contributed by atoms with E-state index in [1.165, 1.54) is 18.3 Å². The molecule has 0 bridgehead atoms. The molecule has 0 saturated carbocycles. The molecule has 0 unspecified atom stereocenters. The summed E-state index contributed by atoms with van der Waals surface area (Å²) in [5.74, 6) is 0.119. The van der Waals surface area contributed by atoms with Gasteiger partial charge in [0.15, 0.2) is 4.96 Å². The lowest BCUT2D eigenvalue weighted by Crippen LogP contribution is -2.22. The van der Waals surface area contributed by atoms with Crippen LogP contribution < -0.4 is 14.8 Å². The monoisotopic (exact) mass is 336 g/mol. The SMILES string of the molecule is CC(=O)Oc1ccc(/C=c2/sc3nc4ccccc4n3c2=O)cc1. The Kier molecular flexibility index (Phi) is 3.39. The Bertz CT molecular complexity index is 1170. The fraction of sp³-hybridized carbons (Fsp3) is 0.0556. The van der Waals surface area contributed by atoms with Crippen molar-refractivity contribution in [1.82, 2.24) is 9.38 Å². The standard InChI is InChI=1S/C18H12N2O3S/c1-11(21)23-13-8-6-12(7-9-13)10-16-17(22)20-15-5-3-2-4-14(15)19-18(20)24-16/h2-10H,1H3/b16-10+. The number of carbonyl (C=O) groups excluding carboxylic acids is 1. The quantitative estimate of drug-likeness (QED) is 0.416. The Morgan fingerprint density at radius 2 is 1.92 bits per heavy atom. The molecule has 0 amide bonds. The third kappa shape index (κ3) is 2.47. The topological polar surface area (TPSA) is 60.7 Å². The van der Waals surface area contributed by atoms with Gasteiger partial charge in [0.25, 0.3) is 5.56 Å². The average Bonchev–Trinajstić information content (AvgIpc) is 3.06. The second-order valence-electron chi connectivity index (χ2n) is 5.30. The lowest BCUT2D eigenvalue weighted by Gasteiger charge is -2.00. The van der Waals surface area contributed by atoms with Crippen LogP contribution in [0.15, 0.2) is 53.3 Å². The molecule has 0 aliphatic rings. The van der Waals surface area contributed by atoms with Crippen LogP contribution in [0.25, 0.3) is 22.1 Å².